The second-order valence-corrected chi connectivity index (χ2v) is 19.3. The number of quaternary nitrogens is 1. The topological polar surface area (TPSA) is 105 Å². The summed E-state index contributed by atoms with van der Waals surface area (Å²) in [7, 11) is 1.54. The van der Waals surface area contributed by atoms with Crippen LogP contribution in [0.1, 0.15) is 213 Å². The van der Waals surface area contributed by atoms with Gasteiger partial charge in [-0.15, -0.1) is 0 Å². The van der Waals surface area contributed by atoms with E-state index >= 15 is 0 Å². The Morgan fingerprint density at radius 2 is 0.932 bits per heavy atom. The van der Waals surface area contributed by atoms with Gasteiger partial charge in [0.2, 0.25) is 5.91 Å². The van der Waals surface area contributed by atoms with Crippen molar-refractivity contribution < 1.29 is 32.9 Å². The number of carbonyl (C=O) groups is 1. The molecular weight excluding hydrogens is 756 g/mol. The van der Waals surface area contributed by atoms with Gasteiger partial charge >= 0.3 is 7.82 Å². The fraction of sp³-hybridized carbons (Fsp3) is 0.820. The minimum Gasteiger partial charge on any atom is -0.387 e. The first-order valence-corrected chi connectivity index (χ1v) is 26.0. The number of carbonyl (C=O) groups excluding carboxylic acids is 1. The van der Waals surface area contributed by atoms with Crippen LogP contribution in [0.25, 0.3) is 0 Å². The minimum absolute atomic E-state index is 0.0519. The fourth-order valence-corrected chi connectivity index (χ4v) is 7.57. The van der Waals surface area contributed by atoms with Crippen LogP contribution in [0.2, 0.25) is 0 Å². The average molecular weight is 852 g/mol. The molecule has 0 aromatic rings. The smallest absolute Gasteiger partial charge is 0.387 e. The van der Waals surface area contributed by atoms with E-state index in [-0.39, 0.29) is 19.1 Å². The highest BCUT2D eigenvalue weighted by Crippen LogP contribution is 2.43. The Morgan fingerprint density at radius 3 is 1.36 bits per heavy atom. The number of aliphatic hydroxyl groups is 1. The molecular formula is C50H96N2O6P+. The number of likely N-dealkylation sites (N-methyl/N-ethyl adjacent to an activating group) is 1. The third-order valence-corrected chi connectivity index (χ3v) is 11.7. The lowest BCUT2D eigenvalue weighted by Crippen LogP contribution is -2.45. The van der Waals surface area contributed by atoms with E-state index in [2.05, 4.69) is 55.6 Å². The number of rotatable bonds is 44. The summed E-state index contributed by atoms with van der Waals surface area (Å²) >= 11 is 0. The van der Waals surface area contributed by atoms with Gasteiger partial charge in [0.1, 0.15) is 13.2 Å². The first-order chi connectivity index (χ1) is 28.5. The second-order valence-electron chi connectivity index (χ2n) is 17.8. The van der Waals surface area contributed by atoms with Gasteiger partial charge in [-0.2, -0.15) is 0 Å². The first-order valence-electron chi connectivity index (χ1n) is 24.5. The Hall–Kier alpha value is -1.54. The molecule has 1 amide bonds. The van der Waals surface area contributed by atoms with Crippen molar-refractivity contribution in [1.82, 2.24) is 5.32 Å². The number of nitrogens with one attached hydrogen (secondary N) is 1. The summed E-state index contributed by atoms with van der Waals surface area (Å²) < 4.78 is 23.6. The van der Waals surface area contributed by atoms with Crippen LogP contribution < -0.4 is 5.32 Å². The van der Waals surface area contributed by atoms with Gasteiger partial charge in [0, 0.05) is 6.42 Å². The van der Waals surface area contributed by atoms with Crippen molar-refractivity contribution in [3.8, 4) is 0 Å². The molecule has 0 aromatic heterocycles. The van der Waals surface area contributed by atoms with Crippen molar-refractivity contribution in [1.29, 1.82) is 0 Å². The van der Waals surface area contributed by atoms with Gasteiger partial charge in [0.15, 0.2) is 0 Å². The van der Waals surface area contributed by atoms with Crippen molar-refractivity contribution >= 4 is 13.7 Å². The van der Waals surface area contributed by atoms with Crippen LogP contribution >= 0.6 is 7.82 Å². The Bertz CT molecular complexity index is 1100. The number of unbranched alkanes of at least 4 members (excludes halogenated alkanes) is 25. The van der Waals surface area contributed by atoms with Gasteiger partial charge in [0.25, 0.3) is 0 Å². The first kappa shape index (κ1) is 57.5. The molecule has 3 unspecified atom stereocenters. The van der Waals surface area contributed by atoms with E-state index in [1.807, 2.05) is 27.2 Å². The SMILES string of the molecule is CCCCCCCCC/C=C\CCCCCCCCCC(=O)NC(COP(=O)(O)OCC[N+](C)(C)C)C(O)/C=C/CC/C=C/CC/C=C/CCCCCCCCCCC. The van der Waals surface area contributed by atoms with Crippen LogP contribution in [-0.4, -0.2) is 73.4 Å². The van der Waals surface area contributed by atoms with Gasteiger partial charge in [-0.05, 0) is 70.6 Å². The summed E-state index contributed by atoms with van der Waals surface area (Å²) in [6, 6.07) is -0.872. The Kier molecular flexibility index (Phi) is 40.7. The average Bonchev–Trinajstić information content (AvgIpc) is 3.19. The van der Waals surface area contributed by atoms with E-state index < -0.39 is 20.0 Å². The quantitative estimate of drug-likeness (QED) is 0.0244. The van der Waals surface area contributed by atoms with Crippen LogP contribution in [0.5, 0.6) is 0 Å². The highest BCUT2D eigenvalue weighted by Gasteiger charge is 2.27. The molecule has 0 saturated carbocycles. The van der Waals surface area contributed by atoms with Crippen LogP contribution in [0.4, 0.5) is 0 Å². The molecule has 0 aliphatic carbocycles. The number of phosphoric ester groups is 1. The fourth-order valence-electron chi connectivity index (χ4n) is 6.83. The Labute approximate surface area is 365 Å². The predicted octanol–water partition coefficient (Wildman–Crippen LogP) is 14.0. The number of hydrogen-bond acceptors (Lipinski definition) is 5. The second kappa shape index (κ2) is 41.8. The molecule has 0 aliphatic heterocycles. The lowest BCUT2D eigenvalue weighted by molar-refractivity contribution is -0.870. The molecule has 0 fully saturated rings. The normalized spacial score (nSPS) is 14.6. The van der Waals surface area contributed by atoms with Crippen LogP contribution in [0.3, 0.4) is 0 Å². The van der Waals surface area contributed by atoms with Crippen molar-refractivity contribution in [3.63, 3.8) is 0 Å². The Morgan fingerprint density at radius 1 is 0.559 bits per heavy atom. The van der Waals surface area contributed by atoms with Gasteiger partial charge in [-0.1, -0.05) is 184 Å². The largest absolute Gasteiger partial charge is 0.472 e. The minimum atomic E-state index is -4.35. The highest BCUT2D eigenvalue weighted by molar-refractivity contribution is 7.47. The van der Waals surface area contributed by atoms with Crippen molar-refractivity contribution in [2.75, 3.05) is 40.9 Å². The highest BCUT2D eigenvalue weighted by atomic mass is 31.2. The molecule has 3 N–H and O–H groups in total. The molecule has 59 heavy (non-hydrogen) atoms. The third-order valence-electron chi connectivity index (χ3n) is 10.7. The van der Waals surface area contributed by atoms with E-state index in [1.165, 1.54) is 148 Å². The standard InChI is InChI=1S/C50H95N2O6P/c1-6-8-10-12-14-16-18-20-22-24-26-27-29-31-33-35-37-39-41-43-49(53)48(47-58-59(55,56)57-46-45-52(3,4)5)51-50(54)44-42-40-38-36-34-32-30-28-25-23-21-19-17-15-13-11-9-7-2/h23,25-27,33,35,41,43,48-49,53H,6-22,24,28-32,34,36-40,42,44-47H2,1-5H3,(H-,51,54,55,56)/p+1/b25-23-,27-26+,35-33+,43-41+. The molecule has 0 rings (SSSR count). The summed E-state index contributed by atoms with van der Waals surface area (Å²) in [5.41, 5.74) is 0. The molecule has 9 heteroatoms. The predicted molar refractivity (Wildman–Crippen MR) is 254 cm³/mol. The lowest BCUT2D eigenvalue weighted by Gasteiger charge is -2.25. The zero-order chi connectivity index (χ0) is 43.6. The zero-order valence-electron chi connectivity index (χ0n) is 39.2. The summed E-state index contributed by atoms with van der Waals surface area (Å²) in [6.45, 7) is 4.78. The number of aliphatic hydroxyl groups excluding tert-OH is 1. The van der Waals surface area contributed by atoms with E-state index in [0.717, 1.165) is 44.9 Å². The van der Waals surface area contributed by atoms with Crippen LogP contribution in [-0.2, 0) is 18.4 Å². The molecule has 0 spiro atoms. The summed E-state index contributed by atoms with van der Waals surface area (Å²) in [5.74, 6) is -0.196. The van der Waals surface area contributed by atoms with Gasteiger partial charge in [-0.3, -0.25) is 13.8 Å². The van der Waals surface area contributed by atoms with Gasteiger partial charge in [-0.25, -0.2) is 4.57 Å². The van der Waals surface area contributed by atoms with Crippen molar-refractivity contribution in [2.24, 2.45) is 0 Å². The number of nitrogens with zero attached hydrogens (tertiary/aromatic N) is 1. The van der Waals surface area contributed by atoms with Crippen LogP contribution in [0.15, 0.2) is 48.6 Å². The lowest BCUT2D eigenvalue weighted by atomic mass is 10.1. The maximum atomic E-state index is 12.9. The molecule has 0 aliphatic rings. The molecule has 8 nitrogen and oxygen atoms in total. The number of hydrogen-bond donors (Lipinski definition) is 3. The van der Waals surface area contributed by atoms with E-state index in [9.17, 15) is 19.4 Å². The number of amides is 1. The maximum Gasteiger partial charge on any atom is 0.472 e. The van der Waals surface area contributed by atoms with Crippen molar-refractivity contribution in [3.05, 3.63) is 48.6 Å². The third kappa shape index (κ3) is 44.3. The van der Waals surface area contributed by atoms with Gasteiger partial charge in [0.05, 0.1) is 39.9 Å². The maximum absolute atomic E-state index is 12.9. The van der Waals surface area contributed by atoms with Gasteiger partial charge < -0.3 is 19.8 Å². The molecule has 346 valence electrons. The summed E-state index contributed by atoms with van der Waals surface area (Å²) in [5, 5.41) is 13.8. The zero-order valence-corrected chi connectivity index (χ0v) is 40.1. The van der Waals surface area contributed by atoms with E-state index in [1.54, 1.807) is 6.08 Å². The molecule has 0 bridgehead atoms. The van der Waals surface area contributed by atoms with E-state index in [0.29, 0.717) is 17.4 Å². The molecule has 0 radical (unpaired) electrons. The molecule has 0 heterocycles. The molecule has 0 aromatic carbocycles. The Balaban J connectivity index is 4.44. The molecule has 0 saturated heterocycles. The van der Waals surface area contributed by atoms with E-state index in [4.69, 9.17) is 9.05 Å². The summed E-state index contributed by atoms with van der Waals surface area (Å²) in [6.07, 6.45) is 53.3. The molecule has 3 atom stereocenters. The monoisotopic (exact) mass is 852 g/mol. The van der Waals surface area contributed by atoms with Crippen LogP contribution in [0, 0.1) is 0 Å². The van der Waals surface area contributed by atoms with Crippen molar-refractivity contribution in [2.45, 2.75) is 225 Å². The summed E-state index contributed by atoms with van der Waals surface area (Å²) in [4.78, 5) is 23.2. The number of allylic oxidation sites excluding steroid dienone is 7. The number of phosphoric acid groups is 1.